The summed E-state index contributed by atoms with van der Waals surface area (Å²) >= 11 is 0. The molecule has 1 aromatic carbocycles. The molecule has 2 heterocycles. The van der Waals surface area contributed by atoms with E-state index < -0.39 is 23.3 Å². The smallest absolute Gasteiger partial charge is 0.325 e. The molecular weight excluding hydrogens is 327 g/mol. The molecule has 25 heavy (non-hydrogen) atoms. The molecular formula is C17H21FN4O3. The van der Waals surface area contributed by atoms with Crippen LogP contribution >= 0.6 is 0 Å². The molecule has 3 rings (SSSR count). The molecule has 0 aromatic heterocycles. The number of nitrogens with one attached hydrogen (secondary N) is 2. The molecule has 7 nitrogen and oxygen atoms in total. The summed E-state index contributed by atoms with van der Waals surface area (Å²) in [5.74, 6) is -1.20. The molecule has 0 aliphatic carbocycles. The number of halogens is 1. The van der Waals surface area contributed by atoms with Gasteiger partial charge < -0.3 is 15.5 Å². The minimum absolute atomic E-state index is 0.172. The van der Waals surface area contributed by atoms with E-state index in [2.05, 4.69) is 10.6 Å². The van der Waals surface area contributed by atoms with Gasteiger partial charge >= 0.3 is 6.03 Å². The molecule has 134 valence electrons. The van der Waals surface area contributed by atoms with E-state index in [1.165, 1.54) is 24.3 Å². The third-order valence-corrected chi connectivity index (χ3v) is 4.71. The number of carbonyl (C=O) groups is 3. The molecule has 1 aromatic rings. The van der Waals surface area contributed by atoms with Gasteiger partial charge in [0.25, 0.3) is 5.91 Å². The number of hydrogen-bond acceptors (Lipinski definition) is 4. The summed E-state index contributed by atoms with van der Waals surface area (Å²) in [6, 6.07) is 4.93. The Balaban J connectivity index is 1.75. The van der Waals surface area contributed by atoms with Gasteiger partial charge in [0, 0.05) is 25.7 Å². The Bertz CT molecular complexity index is 708. The first-order valence-electron chi connectivity index (χ1n) is 8.22. The topological polar surface area (TPSA) is 81.8 Å². The highest BCUT2D eigenvalue weighted by atomic mass is 19.1. The van der Waals surface area contributed by atoms with Crippen molar-refractivity contribution in [2.45, 2.75) is 25.4 Å². The lowest BCUT2D eigenvalue weighted by Gasteiger charge is -2.32. The summed E-state index contributed by atoms with van der Waals surface area (Å²) in [7, 11) is 0. The standard InChI is InChI=1S/C17H21FN4O3/c1-11-9-21(8-7-19-11)14(23)10-22-15(24)17(2,20-16(22)25)12-3-5-13(18)6-4-12/h3-6,11,19H,7-10H2,1-2H3,(H,20,25). The predicted molar refractivity (Wildman–Crippen MR) is 88.0 cm³/mol. The summed E-state index contributed by atoms with van der Waals surface area (Å²) in [6.45, 7) is 4.99. The van der Waals surface area contributed by atoms with Crippen molar-refractivity contribution in [2.75, 3.05) is 26.2 Å². The van der Waals surface area contributed by atoms with Crippen LogP contribution in [0.3, 0.4) is 0 Å². The van der Waals surface area contributed by atoms with Gasteiger partial charge in [-0.05, 0) is 31.5 Å². The van der Waals surface area contributed by atoms with Crippen molar-refractivity contribution in [1.29, 1.82) is 0 Å². The highest BCUT2D eigenvalue weighted by Crippen LogP contribution is 2.28. The Morgan fingerprint density at radius 1 is 1.32 bits per heavy atom. The van der Waals surface area contributed by atoms with Gasteiger partial charge in [-0.1, -0.05) is 12.1 Å². The van der Waals surface area contributed by atoms with Crippen LogP contribution in [-0.2, 0) is 15.1 Å². The van der Waals surface area contributed by atoms with E-state index in [1.54, 1.807) is 11.8 Å². The van der Waals surface area contributed by atoms with E-state index in [1.807, 2.05) is 6.92 Å². The quantitative estimate of drug-likeness (QED) is 0.776. The van der Waals surface area contributed by atoms with Crippen LogP contribution in [0.5, 0.6) is 0 Å². The first-order valence-corrected chi connectivity index (χ1v) is 8.22. The summed E-state index contributed by atoms with van der Waals surface area (Å²) in [5.41, 5.74) is -0.833. The third-order valence-electron chi connectivity index (χ3n) is 4.71. The molecule has 0 saturated carbocycles. The van der Waals surface area contributed by atoms with Crippen molar-refractivity contribution < 1.29 is 18.8 Å². The summed E-state index contributed by atoms with van der Waals surface area (Å²) in [4.78, 5) is 40.1. The van der Waals surface area contributed by atoms with Gasteiger partial charge in [0.05, 0.1) is 0 Å². The Hall–Kier alpha value is -2.48. The maximum atomic E-state index is 13.1. The van der Waals surface area contributed by atoms with Crippen molar-refractivity contribution in [1.82, 2.24) is 20.4 Å². The first-order chi connectivity index (χ1) is 11.8. The zero-order chi connectivity index (χ0) is 18.2. The van der Waals surface area contributed by atoms with E-state index in [0.717, 1.165) is 4.90 Å². The molecule has 0 radical (unpaired) electrons. The van der Waals surface area contributed by atoms with Gasteiger partial charge in [-0.2, -0.15) is 0 Å². The molecule has 2 saturated heterocycles. The number of rotatable bonds is 3. The molecule has 8 heteroatoms. The molecule has 2 atom stereocenters. The van der Waals surface area contributed by atoms with Crippen molar-refractivity contribution in [3.8, 4) is 0 Å². The lowest BCUT2D eigenvalue weighted by molar-refractivity contribution is -0.139. The summed E-state index contributed by atoms with van der Waals surface area (Å²) < 4.78 is 13.1. The maximum absolute atomic E-state index is 13.1. The maximum Gasteiger partial charge on any atom is 0.325 e. The molecule has 4 amide bonds. The first kappa shape index (κ1) is 17.3. The van der Waals surface area contributed by atoms with E-state index in [9.17, 15) is 18.8 Å². The van der Waals surface area contributed by atoms with Gasteiger partial charge in [0.2, 0.25) is 5.91 Å². The number of hydrogen-bond donors (Lipinski definition) is 2. The van der Waals surface area contributed by atoms with Crippen LogP contribution in [0.15, 0.2) is 24.3 Å². The van der Waals surface area contributed by atoms with Crippen LogP contribution in [-0.4, -0.2) is 59.9 Å². The molecule has 2 aliphatic heterocycles. The molecule has 2 unspecified atom stereocenters. The highest BCUT2D eigenvalue weighted by molar-refractivity contribution is 6.09. The Labute approximate surface area is 145 Å². The molecule has 0 spiro atoms. The minimum Gasteiger partial charge on any atom is -0.338 e. The lowest BCUT2D eigenvalue weighted by Crippen LogP contribution is -2.54. The molecule has 2 aliphatic rings. The van der Waals surface area contributed by atoms with Crippen LogP contribution in [0.4, 0.5) is 9.18 Å². The Kier molecular flexibility index (Phi) is 4.47. The monoisotopic (exact) mass is 348 g/mol. The van der Waals surface area contributed by atoms with Crippen molar-refractivity contribution in [2.24, 2.45) is 0 Å². The number of piperazine rings is 1. The number of urea groups is 1. The van der Waals surface area contributed by atoms with Gasteiger partial charge in [0.15, 0.2) is 0 Å². The molecule has 0 bridgehead atoms. The highest BCUT2D eigenvalue weighted by Gasteiger charge is 2.49. The SMILES string of the molecule is CC1CN(C(=O)CN2C(=O)NC(C)(c3ccc(F)cc3)C2=O)CCN1. The number of imide groups is 1. The Morgan fingerprint density at radius 3 is 2.64 bits per heavy atom. The van der Waals surface area contributed by atoms with Crippen LogP contribution < -0.4 is 10.6 Å². The average molecular weight is 348 g/mol. The van der Waals surface area contributed by atoms with E-state index in [4.69, 9.17) is 0 Å². The second kappa shape index (κ2) is 6.44. The van der Waals surface area contributed by atoms with Crippen LogP contribution in [0, 0.1) is 5.82 Å². The Morgan fingerprint density at radius 2 is 2.00 bits per heavy atom. The number of benzene rings is 1. The van der Waals surface area contributed by atoms with Crippen LogP contribution in [0.2, 0.25) is 0 Å². The summed E-state index contributed by atoms with van der Waals surface area (Å²) in [5, 5.41) is 5.85. The fourth-order valence-corrected chi connectivity index (χ4v) is 3.21. The largest absolute Gasteiger partial charge is 0.338 e. The van der Waals surface area contributed by atoms with Crippen molar-refractivity contribution in [3.05, 3.63) is 35.6 Å². The number of carbonyl (C=O) groups excluding carboxylic acids is 3. The molecule has 2 N–H and O–H groups in total. The zero-order valence-corrected chi connectivity index (χ0v) is 14.2. The third kappa shape index (κ3) is 3.21. The summed E-state index contributed by atoms with van der Waals surface area (Å²) in [6.07, 6.45) is 0. The van der Waals surface area contributed by atoms with Gasteiger partial charge in [-0.3, -0.25) is 14.5 Å². The predicted octanol–water partition coefficient (Wildman–Crippen LogP) is 0.413. The second-order valence-electron chi connectivity index (χ2n) is 6.65. The minimum atomic E-state index is -1.30. The van der Waals surface area contributed by atoms with Crippen LogP contribution in [0.25, 0.3) is 0 Å². The van der Waals surface area contributed by atoms with Gasteiger partial charge in [-0.25, -0.2) is 9.18 Å². The number of amides is 4. The van der Waals surface area contributed by atoms with E-state index in [0.29, 0.717) is 25.2 Å². The average Bonchev–Trinajstić information content (AvgIpc) is 2.79. The fraction of sp³-hybridized carbons (Fsp3) is 0.471. The van der Waals surface area contributed by atoms with Gasteiger partial charge in [-0.15, -0.1) is 0 Å². The van der Waals surface area contributed by atoms with E-state index in [-0.39, 0.29) is 18.5 Å². The van der Waals surface area contributed by atoms with Crippen molar-refractivity contribution in [3.63, 3.8) is 0 Å². The number of nitrogens with zero attached hydrogens (tertiary/aromatic N) is 2. The fourth-order valence-electron chi connectivity index (χ4n) is 3.21. The van der Waals surface area contributed by atoms with Crippen molar-refractivity contribution >= 4 is 17.8 Å². The van der Waals surface area contributed by atoms with Crippen LogP contribution in [0.1, 0.15) is 19.4 Å². The zero-order valence-electron chi connectivity index (χ0n) is 14.2. The van der Waals surface area contributed by atoms with Gasteiger partial charge in [0.1, 0.15) is 17.9 Å². The second-order valence-corrected chi connectivity index (χ2v) is 6.65. The lowest BCUT2D eigenvalue weighted by atomic mass is 9.92. The molecule has 2 fully saturated rings. The van der Waals surface area contributed by atoms with E-state index >= 15 is 0 Å². The normalized spacial score (nSPS) is 26.8.